The molecule has 0 radical (unpaired) electrons. The number of ether oxygens (including phenoxy) is 4. The van der Waals surface area contributed by atoms with Gasteiger partial charge in [-0.15, -0.1) is 0 Å². The Balaban J connectivity index is 1.23. The minimum Gasteiger partial charge on any atom is -0.493 e. The van der Waals surface area contributed by atoms with E-state index in [9.17, 15) is 4.79 Å². The van der Waals surface area contributed by atoms with Crippen molar-refractivity contribution in [2.24, 2.45) is 5.10 Å². The number of nitrogens with zero attached hydrogens (tertiary/aromatic N) is 1. The van der Waals surface area contributed by atoms with Gasteiger partial charge in [0.2, 0.25) is 12.7 Å². The molecule has 0 fully saturated rings. The summed E-state index contributed by atoms with van der Waals surface area (Å²) >= 11 is 3.58. The van der Waals surface area contributed by atoms with Gasteiger partial charge in [-0.1, -0.05) is 48.5 Å². The van der Waals surface area contributed by atoms with Crippen LogP contribution in [-0.4, -0.2) is 26.0 Å². The molecule has 0 unspecified atom stereocenters. The minimum atomic E-state index is -0.244. The third kappa shape index (κ3) is 5.28. The van der Waals surface area contributed by atoms with Gasteiger partial charge in [-0.2, -0.15) is 5.10 Å². The number of carbonyl (C=O) groups excluding carboxylic acids is 1. The number of hydrazone groups is 1. The van der Waals surface area contributed by atoms with E-state index in [1.807, 2.05) is 30.3 Å². The van der Waals surface area contributed by atoms with Gasteiger partial charge in [0.15, 0.2) is 23.0 Å². The molecule has 1 heterocycles. The van der Waals surface area contributed by atoms with E-state index in [0.717, 1.165) is 31.9 Å². The summed E-state index contributed by atoms with van der Waals surface area (Å²) in [6, 6.07) is 23.4. The number of benzene rings is 4. The molecule has 4 aromatic carbocycles. The second kappa shape index (κ2) is 10.7. The summed E-state index contributed by atoms with van der Waals surface area (Å²) < 4.78 is 23.1. The largest absolute Gasteiger partial charge is 0.493 e. The Kier molecular flexibility index (Phi) is 7.04. The molecule has 182 valence electrons. The summed E-state index contributed by atoms with van der Waals surface area (Å²) in [5.74, 6) is 2.23. The van der Waals surface area contributed by atoms with E-state index >= 15 is 0 Å². The van der Waals surface area contributed by atoms with E-state index in [1.54, 1.807) is 31.5 Å². The summed E-state index contributed by atoms with van der Waals surface area (Å²) in [6.07, 6.45) is 1.72. The summed E-state index contributed by atoms with van der Waals surface area (Å²) in [5, 5.41) is 6.40. The van der Waals surface area contributed by atoms with Gasteiger partial charge in [0.25, 0.3) is 0 Å². The molecule has 0 aliphatic carbocycles. The standard InChI is InChI=1S/C28H23BrN2O5/c1-33-26-13-19(15-30-31-27(32)14-18-9-10-24-25(12-18)36-17-35-24)11-23(29)28(26)34-16-21-7-4-6-20-5-2-3-8-22(20)21/h2-13,15H,14,16-17H2,1H3,(H,31,32)/b30-15-. The van der Waals surface area contributed by atoms with Gasteiger partial charge in [0.05, 0.1) is 24.2 Å². The molecule has 1 amide bonds. The fourth-order valence-corrected chi connectivity index (χ4v) is 4.55. The average molecular weight is 547 g/mol. The molecule has 4 aromatic rings. The van der Waals surface area contributed by atoms with Crippen LogP contribution >= 0.6 is 15.9 Å². The lowest BCUT2D eigenvalue weighted by atomic mass is 10.1. The normalized spacial score (nSPS) is 12.2. The lowest BCUT2D eigenvalue weighted by Gasteiger charge is -2.14. The monoisotopic (exact) mass is 546 g/mol. The number of halogens is 1. The summed E-state index contributed by atoms with van der Waals surface area (Å²) in [4.78, 5) is 12.3. The van der Waals surface area contributed by atoms with Crippen molar-refractivity contribution in [3.05, 3.63) is 94.0 Å². The van der Waals surface area contributed by atoms with Crippen molar-refractivity contribution in [1.82, 2.24) is 5.43 Å². The maximum Gasteiger partial charge on any atom is 0.244 e. The Morgan fingerprint density at radius 3 is 2.78 bits per heavy atom. The Bertz CT molecular complexity index is 1450. The van der Waals surface area contributed by atoms with Crippen LogP contribution in [0.2, 0.25) is 0 Å². The van der Waals surface area contributed by atoms with Gasteiger partial charge in [-0.3, -0.25) is 4.79 Å². The third-order valence-corrected chi connectivity index (χ3v) is 6.30. The lowest BCUT2D eigenvalue weighted by Crippen LogP contribution is -2.19. The van der Waals surface area contributed by atoms with Crippen molar-refractivity contribution in [1.29, 1.82) is 0 Å². The molecular formula is C28H23BrN2O5. The molecule has 1 aliphatic heterocycles. The fraction of sp³-hybridized carbons (Fsp3) is 0.143. The second-order valence-corrected chi connectivity index (χ2v) is 8.97. The zero-order valence-electron chi connectivity index (χ0n) is 19.5. The second-order valence-electron chi connectivity index (χ2n) is 8.12. The van der Waals surface area contributed by atoms with E-state index in [2.05, 4.69) is 50.7 Å². The Hall–Kier alpha value is -4.04. The molecule has 36 heavy (non-hydrogen) atoms. The number of carbonyl (C=O) groups is 1. The van der Waals surface area contributed by atoms with Crippen molar-refractivity contribution in [3.8, 4) is 23.0 Å². The van der Waals surface area contributed by atoms with E-state index in [1.165, 1.54) is 0 Å². The highest BCUT2D eigenvalue weighted by molar-refractivity contribution is 9.10. The highest BCUT2D eigenvalue weighted by Gasteiger charge is 2.15. The Morgan fingerprint density at radius 2 is 1.89 bits per heavy atom. The first-order valence-corrected chi connectivity index (χ1v) is 12.1. The highest BCUT2D eigenvalue weighted by Crippen LogP contribution is 2.37. The van der Waals surface area contributed by atoms with E-state index in [0.29, 0.717) is 29.6 Å². The maximum atomic E-state index is 12.3. The van der Waals surface area contributed by atoms with Crippen LogP contribution in [0.1, 0.15) is 16.7 Å². The Labute approximate surface area is 216 Å². The predicted octanol–water partition coefficient (Wildman–Crippen LogP) is 5.61. The number of rotatable bonds is 8. The summed E-state index contributed by atoms with van der Waals surface area (Å²) in [7, 11) is 1.58. The highest BCUT2D eigenvalue weighted by atomic mass is 79.9. The molecule has 5 rings (SSSR count). The molecule has 0 bridgehead atoms. The molecule has 1 aliphatic rings. The zero-order chi connectivity index (χ0) is 24.9. The number of nitrogens with one attached hydrogen (secondary N) is 1. The van der Waals surface area contributed by atoms with E-state index < -0.39 is 0 Å². The van der Waals surface area contributed by atoms with Crippen molar-refractivity contribution < 1.29 is 23.7 Å². The van der Waals surface area contributed by atoms with Gasteiger partial charge in [0, 0.05) is 0 Å². The Morgan fingerprint density at radius 1 is 1.06 bits per heavy atom. The van der Waals surface area contributed by atoms with E-state index in [-0.39, 0.29) is 19.1 Å². The molecule has 0 atom stereocenters. The molecule has 0 aromatic heterocycles. The van der Waals surface area contributed by atoms with Crippen LogP contribution in [0.4, 0.5) is 0 Å². The van der Waals surface area contributed by atoms with Gasteiger partial charge < -0.3 is 18.9 Å². The topological polar surface area (TPSA) is 78.4 Å². The molecule has 1 N–H and O–H groups in total. The first kappa shape index (κ1) is 23.7. The van der Waals surface area contributed by atoms with Crippen LogP contribution in [0, 0.1) is 0 Å². The van der Waals surface area contributed by atoms with Crippen LogP contribution < -0.4 is 24.4 Å². The number of hydrogen-bond donors (Lipinski definition) is 1. The molecule has 7 nitrogen and oxygen atoms in total. The van der Waals surface area contributed by atoms with Crippen LogP contribution in [0.25, 0.3) is 10.8 Å². The van der Waals surface area contributed by atoms with Crippen molar-refractivity contribution in [3.63, 3.8) is 0 Å². The van der Waals surface area contributed by atoms with Crippen LogP contribution in [-0.2, 0) is 17.8 Å². The van der Waals surface area contributed by atoms with Crippen molar-refractivity contribution in [2.75, 3.05) is 13.9 Å². The third-order valence-electron chi connectivity index (χ3n) is 5.71. The fourth-order valence-electron chi connectivity index (χ4n) is 3.98. The SMILES string of the molecule is COc1cc(/C=N\NC(=O)Cc2ccc3c(c2)OCO3)cc(Br)c1OCc1cccc2ccccc12. The van der Waals surface area contributed by atoms with Crippen molar-refractivity contribution >= 4 is 38.8 Å². The molecule has 0 spiro atoms. The summed E-state index contributed by atoms with van der Waals surface area (Å²) in [6.45, 7) is 0.584. The van der Waals surface area contributed by atoms with Crippen LogP contribution in [0.15, 0.2) is 82.4 Å². The average Bonchev–Trinajstić information content (AvgIpc) is 3.36. The number of methoxy groups -OCH3 is 1. The van der Waals surface area contributed by atoms with Gasteiger partial charge in [0.1, 0.15) is 6.61 Å². The van der Waals surface area contributed by atoms with Crippen molar-refractivity contribution in [2.45, 2.75) is 13.0 Å². The van der Waals surface area contributed by atoms with Gasteiger partial charge in [-0.25, -0.2) is 5.43 Å². The van der Waals surface area contributed by atoms with Crippen LogP contribution in [0.5, 0.6) is 23.0 Å². The lowest BCUT2D eigenvalue weighted by molar-refractivity contribution is -0.120. The van der Waals surface area contributed by atoms with Gasteiger partial charge in [-0.05, 0) is 67.7 Å². The quantitative estimate of drug-likeness (QED) is 0.229. The smallest absolute Gasteiger partial charge is 0.244 e. The number of hydrogen-bond acceptors (Lipinski definition) is 6. The first-order chi connectivity index (χ1) is 17.6. The summed E-state index contributed by atoms with van der Waals surface area (Å²) in [5.41, 5.74) is 5.18. The van der Waals surface area contributed by atoms with Gasteiger partial charge >= 0.3 is 0 Å². The first-order valence-electron chi connectivity index (χ1n) is 11.3. The maximum absolute atomic E-state index is 12.3. The number of amides is 1. The molecule has 0 saturated heterocycles. The zero-order valence-corrected chi connectivity index (χ0v) is 21.1. The minimum absolute atomic E-state index is 0.169. The molecule has 8 heteroatoms. The predicted molar refractivity (Wildman–Crippen MR) is 141 cm³/mol. The number of fused-ring (bicyclic) bond motifs is 2. The molecular weight excluding hydrogens is 524 g/mol. The molecule has 0 saturated carbocycles. The van der Waals surface area contributed by atoms with E-state index in [4.69, 9.17) is 18.9 Å². The van der Waals surface area contributed by atoms with Crippen LogP contribution in [0.3, 0.4) is 0 Å².